The molecule has 0 saturated carbocycles. The number of nitrogens with two attached hydrogens (primary N) is 1. The molecule has 0 heterocycles. The number of ether oxygens (including phenoxy) is 1. The number of Topliss-reactive ketones (excluding diaryl/α,β-unsaturated/α-hetero) is 1. The number of nitrogen functional groups attached to an aromatic ring is 1. The predicted octanol–water partition coefficient (Wildman–Crippen LogP) is 3.83. The number of anilines is 1. The van der Waals surface area contributed by atoms with Crippen LogP contribution >= 0.6 is 0 Å². The molecule has 0 aromatic heterocycles. The topological polar surface area (TPSA) is 52.3 Å². The highest BCUT2D eigenvalue weighted by Crippen LogP contribution is 2.22. The van der Waals surface area contributed by atoms with E-state index < -0.39 is 0 Å². The van der Waals surface area contributed by atoms with Gasteiger partial charge in [-0.2, -0.15) is 0 Å². The minimum atomic E-state index is -0.0349. The monoisotopic (exact) mass is 283 g/mol. The molecule has 110 valence electrons. The van der Waals surface area contributed by atoms with Crippen LogP contribution in [-0.4, -0.2) is 12.4 Å². The van der Waals surface area contributed by atoms with Gasteiger partial charge in [-0.25, -0.2) is 0 Å². The lowest BCUT2D eigenvalue weighted by atomic mass is 9.86. The van der Waals surface area contributed by atoms with E-state index in [0.29, 0.717) is 17.0 Å². The largest absolute Gasteiger partial charge is 0.485 e. The number of carbonyl (C=O) groups is 1. The molecule has 21 heavy (non-hydrogen) atoms. The summed E-state index contributed by atoms with van der Waals surface area (Å²) in [6.07, 6.45) is 0. The minimum Gasteiger partial charge on any atom is -0.485 e. The number of carbonyl (C=O) groups excluding carboxylic acids is 1. The van der Waals surface area contributed by atoms with Gasteiger partial charge in [0.1, 0.15) is 5.75 Å². The number of benzene rings is 2. The first-order valence-corrected chi connectivity index (χ1v) is 6.98. The lowest BCUT2D eigenvalue weighted by Gasteiger charge is -2.19. The van der Waals surface area contributed by atoms with Gasteiger partial charge in [-0.1, -0.05) is 45.0 Å². The Bertz CT molecular complexity index is 607. The van der Waals surface area contributed by atoms with Crippen LogP contribution < -0.4 is 10.5 Å². The Hall–Kier alpha value is -2.29. The van der Waals surface area contributed by atoms with Crippen LogP contribution in [-0.2, 0) is 5.41 Å². The second kappa shape index (κ2) is 6.00. The van der Waals surface area contributed by atoms with E-state index in [1.54, 1.807) is 24.3 Å². The molecule has 0 aliphatic rings. The van der Waals surface area contributed by atoms with Gasteiger partial charge in [0.2, 0.25) is 0 Å². The van der Waals surface area contributed by atoms with Gasteiger partial charge in [-0.15, -0.1) is 0 Å². The van der Waals surface area contributed by atoms with Gasteiger partial charge in [0, 0.05) is 11.3 Å². The van der Waals surface area contributed by atoms with Crippen LogP contribution in [0.3, 0.4) is 0 Å². The normalized spacial score (nSPS) is 11.2. The molecule has 0 bridgehead atoms. The van der Waals surface area contributed by atoms with E-state index in [1.807, 2.05) is 24.3 Å². The Morgan fingerprint density at radius 3 is 2.10 bits per heavy atom. The summed E-state index contributed by atoms with van der Waals surface area (Å²) >= 11 is 0. The Labute approximate surface area is 125 Å². The van der Waals surface area contributed by atoms with Crippen LogP contribution in [0.25, 0.3) is 0 Å². The van der Waals surface area contributed by atoms with Crippen molar-refractivity contribution in [2.45, 2.75) is 26.2 Å². The number of rotatable bonds is 4. The number of hydrogen-bond acceptors (Lipinski definition) is 3. The molecule has 3 heteroatoms. The third-order valence-corrected chi connectivity index (χ3v) is 3.32. The third-order valence-electron chi connectivity index (χ3n) is 3.32. The molecular formula is C18H21NO2. The van der Waals surface area contributed by atoms with Gasteiger partial charge in [-0.3, -0.25) is 4.79 Å². The van der Waals surface area contributed by atoms with Crippen molar-refractivity contribution in [3.8, 4) is 5.75 Å². The first-order chi connectivity index (χ1) is 9.86. The van der Waals surface area contributed by atoms with E-state index in [0.717, 1.165) is 0 Å². The molecule has 0 radical (unpaired) electrons. The lowest BCUT2D eigenvalue weighted by Crippen LogP contribution is -2.14. The highest BCUT2D eigenvalue weighted by atomic mass is 16.5. The van der Waals surface area contributed by atoms with Gasteiger partial charge in [0.15, 0.2) is 12.4 Å². The maximum Gasteiger partial charge on any atom is 0.200 e. The van der Waals surface area contributed by atoms with E-state index in [1.165, 1.54) is 5.56 Å². The maximum absolute atomic E-state index is 12.1. The van der Waals surface area contributed by atoms with Crippen LogP contribution in [0.2, 0.25) is 0 Å². The van der Waals surface area contributed by atoms with Crippen molar-refractivity contribution in [3.05, 3.63) is 59.7 Å². The van der Waals surface area contributed by atoms with Crippen molar-refractivity contribution in [2.24, 2.45) is 0 Å². The van der Waals surface area contributed by atoms with Crippen LogP contribution in [0.1, 0.15) is 36.7 Å². The number of hydrogen-bond donors (Lipinski definition) is 1. The fraction of sp³-hybridized carbons (Fsp3) is 0.278. The summed E-state index contributed by atoms with van der Waals surface area (Å²) in [7, 11) is 0. The summed E-state index contributed by atoms with van der Waals surface area (Å²) < 4.78 is 5.47. The molecule has 3 nitrogen and oxygen atoms in total. The summed E-state index contributed by atoms with van der Waals surface area (Å²) in [6, 6.07) is 14.7. The zero-order valence-corrected chi connectivity index (χ0v) is 12.7. The summed E-state index contributed by atoms with van der Waals surface area (Å²) in [6.45, 7) is 6.47. The Morgan fingerprint density at radius 2 is 1.57 bits per heavy atom. The van der Waals surface area contributed by atoms with Crippen molar-refractivity contribution in [1.29, 1.82) is 0 Å². The summed E-state index contributed by atoms with van der Waals surface area (Å²) in [4.78, 5) is 12.1. The molecule has 2 aromatic carbocycles. The van der Waals surface area contributed by atoms with Crippen LogP contribution in [0, 0.1) is 0 Å². The van der Waals surface area contributed by atoms with E-state index in [9.17, 15) is 4.79 Å². The second-order valence-electron chi connectivity index (χ2n) is 6.11. The van der Waals surface area contributed by atoms with Gasteiger partial charge < -0.3 is 10.5 Å². The molecule has 0 amide bonds. The highest BCUT2D eigenvalue weighted by molar-refractivity contribution is 5.97. The fourth-order valence-corrected chi connectivity index (χ4v) is 1.95. The zero-order valence-electron chi connectivity index (χ0n) is 12.7. The Kier molecular flexibility index (Phi) is 4.32. The summed E-state index contributed by atoms with van der Waals surface area (Å²) in [5.41, 5.74) is 8.23. The van der Waals surface area contributed by atoms with Crippen LogP contribution in [0.4, 0.5) is 5.69 Å². The Balaban J connectivity index is 1.99. The lowest BCUT2D eigenvalue weighted by molar-refractivity contribution is 0.0921. The Morgan fingerprint density at radius 1 is 1.00 bits per heavy atom. The molecule has 2 aromatic rings. The van der Waals surface area contributed by atoms with Gasteiger partial charge >= 0.3 is 0 Å². The maximum atomic E-state index is 12.1. The molecular weight excluding hydrogens is 262 g/mol. The first-order valence-electron chi connectivity index (χ1n) is 6.98. The summed E-state index contributed by atoms with van der Waals surface area (Å²) in [5.74, 6) is 0.608. The number of ketones is 1. The minimum absolute atomic E-state index is 0.0266. The van der Waals surface area contributed by atoms with E-state index in [4.69, 9.17) is 10.5 Å². The molecule has 0 aliphatic heterocycles. The van der Waals surface area contributed by atoms with Gasteiger partial charge in [0.05, 0.1) is 0 Å². The van der Waals surface area contributed by atoms with Gasteiger partial charge in [0.25, 0.3) is 0 Å². The molecule has 0 saturated heterocycles. The van der Waals surface area contributed by atoms with Crippen molar-refractivity contribution >= 4 is 11.5 Å². The fourth-order valence-electron chi connectivity index (χ4n) is 1.95. The van der Waals surface area contributed by atoms with E-state index in [2.05, 4.69) is 20.8 Å². The zero-order chi connectivity index (χ0) is 15.5. The average Bonchev–Trinajstić information content (AvgIpc) is 2.45. The average molecular weight is 283 g/mol. The van der Waals surface area contributed by atoms with Crippen molar-refractivity contribution in [2.75, 3.05) is 12.3 Å². The smallest absolute Gasteiger partial charge is 0.200 e. The van der Waals surface area contributed by atoms with Gasteiger partial charge in [-0.05, 0) is 35.2 Å². The van der Waals surface area contributed by atoms with Crippen molar-refractivity contribution in [1.82, 2.24) is 0 Å². The summed E-state index contributed by atoms with van der Waals surface area (Å²) in [5, 5.41) is 0. The molecule has 0 unspecified atom stereocenters. The molecule has 0 fully saturated rings. The SMILES string of the molecule is CC(C)(C)c1ccc(C(=O)COc2ccc(N)cc2)cc1. The third kappa shape index (κ3) is 4.09. The van der Waals surface area contributed by atoms with E-state index >= 15 is 0 Å². The van der Waals surface area contributed by atoms with Crippen LogP contribution in [0.15, 0.2) is 48.5 Å². The molecule has 2 rings (SSSR count). The van der Waals surface area contributed by atoms with Crippen molar-refractivity contribution in [3.63, 3.8) is 0 Å². The van der Waals surface area contributed by atoms with Crippen molar-refractivity contribution < 1.29 is 9.53 Å². The first kappa shape index (κ1) is 15.1. The highest BCUT2D eigenvalue weighted by Gasteiger charge is 2.14. The van der Waals surface area contributed by atoms with E-state index in [-0.39, 0.29) is 17.8 Å². The molecule has 0 spiro atoms. The van der Waals surface area contributed by atoms with Crippen LogP contribution in [0.5, 0.6) is 5.75 Å². The predicted molar refractivity (Wildman–Crippen MR) is 85.8 cm³/mol. The molecule has 2 N–H and O–H groups in total. The molecule has 0 aliphatic carbocycles. The second-order valence-corrected chi connectivity index (χ2v) is 6.11. The quantitative estimate of drug-likeness (QED) is 0.685. The standard InChI is InChI=1S/C18H21NO2/c1-18(2,3)14-6-4-13(5-7-14)17(20)12-21-16-10-8-15(19)9-11-16/h4-11H,12,19H2,1-3H3. The molecule has 0 atom stereocenters.